The van der Waals surface area contributed by atoms with Crippen molar-refractivity contribution in [1.82, 2.24) is 20.4 Å². The first kappa shape index (κ1) is 26.8. The zero-order chi connectivity index (χ0) is 21.4. The summed E-state index contributed by atoms with van der Waals surface area (Å²) in [6.07, 6.45) is 1.10. The van der Waals surface area contributed by atoms with E-state index in [4.69, 9.17) is 14.5 Å². The van der Waals surface area contributed by atoms with E-state index in [9.17, 15) is 0 Å². The lowest BCUT2D eigenvalue weighted by molar-refractivity contribution is 0.204. The zero-order valence-electron chi connectivity index (χ0n) is 19.6. The molecule has 1 aliphatic rings. The number of hydrogen-bond donors (Lipinski definition) is 2. The molecule has 0 radical (unpaired) electrons. The van der Waals surface area contributed by atoms with Gasteiger partial charge in [0.25, 0.3) is 0 Å². The average Bonchev–Trinajstić information content (AvgIpc) is 3.12. The molecule has 0 aromatic heterocycles. The molecule has 0 saturated carbocycles. The van der Waals surface area contributed by atoms with Crippen molar-refractivity contribution >= 4 is 29.9 Å². The topological polar surface area (TPSA) is 61.4 Å². The number of halogens is 1. The van der Waals surface area contributed by atoms with Gasteiger partial charge in [-0.2, -0.15) is 0 Å². The van der Waals surface area contributed by atoms with Crippen molar-refractivity contribution in [2.24, 2.45) is 4.99 Å². The van der Waals surface area contributed by atoms with Gasteiger partial charge >= 0.3 is 0 Å². The predicted octanol–water partition coefficient (Wildman–Crippen LogP) is 2.79. The Hall–Kier alpha value is -1.26. The van der Waals surface area contributed by atoms with Gasteiger partial charge in [-0.1, -0.05) is 0 Å². The maximum atomic E-state index is 5.40. The summed E-state index contributed by atoms with van der Waals surface area (Å²) in [5.74, 6) is 2.56. The maximum Gasteiger partial charge on any atom is 0.191 e. The standard InChI is InChI=1S/C22H39N5O2.HI/c1-8-23-21(24-16-22(2,3)26(4)5)25-18-9-10-27(15-18)14-17-11-19(28-6)13-20(12-17)29-7;/h11-13,18H,8-10,14-16H2,1-7H3,(H2,23,24,25);1H. The fourth-order valence-corrected chi connectivity index (χ4v) is 3.24. The van der Waals surface area contributed by atoms with E-state index in [1.807, 2.05) is 6.07 Å². The first-order valence-corrected chi connectivity index (χ1v) is 10.4. The highest BCUT2D eigenvalue weighted by molar-refractivity contribution is 14.0. The monoisotopic (exact) mass is 533 g/mol. The van der Waals surface area contributed by atoms with Crippen molar-refractivity contribution < 1.29 is 9.47 Å². The Bertz CT molecular complexity index is 659. The largest absolute Gasteiger partial charge is 0.497 e. The molecule has 1 atom stereocenters. The van der Waals surface area contributed by atoms with E-state index in [0.29, 0.717) is 6.04 Å². The summed E-state index contributed by atoms with van der Waals surface area (Å²) in [4.78, 5) is 9.49. The first-order valence-electron chi connectivity index (χ1n) is 10.4. The van der Waals surface area contributed by atoms with Gasteiger partial charge in [0.15, 0.2) is 5.96 Å². The second kappa shape index (κ2) is 12.6. The quantitative estimate of drug-likeness (QED) is 0.289. The molecule has 1 aromatic carbocycles. The molecule has 0 amide bonds. The maximum absolute atomic E-state index is 5.40. The van der Waals surface area contributed by atoms with E-state index in [0.717, 1.165) is 56.6 Å². The summed E-state index contributed by atoms with van der Waals surface area (Å²) in [6.45, 7) is 11.0. The van der Waals surface area contributed by atoms with Crippen LogP contribution in [0.5, 0.6) is 11.5 Å². The number of ether oxygens (including phenoxy) is 2. The number of likely N-dealkylation sites (N-methyl/N-ethyl adjacent to an activating group) is 1. The number of nitrogens with zero attached hydrogens (tertiary/aromatic N) is 3. The van der Waals surface area contributed by atoms with Gasteiger partial charge in [-0.3, -0.25) is 9.89 Å². The molecule has 1 saturated heterocycles. The second-order valence-electron chi connectivity index (χ2n) is 8.49. The first-order chi connectivity index (χ1) is 13.8. The predicted molar refractivity (Wildman–Crippen MR) is 136 cm³/mol. The molecule has 1 unspecified atom stereocenters. The van der Waals surface area contributed by atoms with E-state index in [2.05, 4.69) is 67.4 Å². The number of benzene rings is 1. The second-order valence-corrected chi connectivity index (χ2v) is 8.49. The number of rotatable bonds is 9. The lowest BCUT2D eigenvalue weighted by atomic mass is 10.1. The van der Waals surface area contributed by atoms with Gasteiger partial charge in [-0.25, -0.2) is 0 Å². The molecule has 1 heterocycles. The van der Waals surface area contributed by atoms with Gasteiger partial charge in [-0.15, -0.1) is 24.0 Å². The minimum atomic E-state index is 0. The summed E-state index contributed by atoms with van der Waals surface area (Å²) in [6, 6.07) is 6.46. The summed E-state index contributed by atoms with van der Waals surface area (Å²) in [5, 5.41) is 7.00. The summed E-state index contributed by atoms with van der Waals surface area (Å²) in [5.41, 5.74) is 1.23. The van der Waals surface area contributed by atoms with Gasteiger partial charge in [0, 0.05) is 43.8 Å². The van der Waals surface area contributed by atoms with Crippen LogP contribution < -0.4 is 20.1 Å². The number of likely N-dealkylation sites (tertiary alicyclic amines) is 1. The van der Waals surface area contributed by atoms with Crippen molar-refractivity contribution in [1.29, 1.82) is 0 Å². The molecule has 172 valence electrons. The van der Waals surface area contributed by atoms with Crippen LogP contribution >= 0.6 is 24.0 Å². The Labute approximate surface area is 199 Å². The van der Waals surface area contributed by atoms with Gasteiger partial charge in [0.2, 0.25) is 0 Å². The summed E-state index contributed by atoms with van der Waals surface area (Å²) >= 11 is 0. The number of guanidine groups is 1. The van der Waals surface area contributed by atoms with E-state index in [-0.39, 0.29) is 29.5 Å². The van der Waals surface area contributed by atoms with Crippen molar-refractivity contribution in [3.8, 4) is 11.5 Å². The van der Waals surface area contributed by atoms with Crippen LogP contribution in [-0.2, 0) is 6.54 Å². The number of methoxy groups -OCH3 is 2. The molecular formula is C22H40IN5O2. The Kier molecular flexibility index (Phi) is 11.2. The highest BCUT2D eigenvalue weighted by Gasteiger charge is 2.24. The van der Waals surface area contributed by atoms with Crippen LogP contribution in [0.2, 0.25) is 0 Å². The molecule has 1 aliphatic heterocycles. The molecule has 2 N–H and O–H groups in total. The average molecular weight is 533 g/mol. The van der Waals surface area contributed by atoms with Crippen LogP contribution in [0.1, 0.15) is 32.8 Å². The molecule has 1 aromatic rings. The molecule has 30 heavy (non-hydrogen) atoms. The van der Waals surface area contributed by atoms with Crippen molar-refractivity contribution in [3.05, 3.63) is 23.8 Å². The van der Waals surface area contributed by atoms with E-state index in [1.165, 1.54) is 5.56 Å². The van der Waals surface area contributed by atoms with Crippen LogP contribution in [0.4, 0.5) is 0 Å². The molecule has 0 spiro atoms. The van der Waals surface area contributed by atoms with Crippen LogP contribution in [0.25, 0.3) is 0 Å². The lowest BCUT2D eigenvalue weighted by Gasteiger charge is -2.31. The Morgan fingerprint density at radius 3 is 2.37 bits per heavy atom. The third-order valence-corrected chi connectivity index (χ3v) is 5.61. The molecule has 8 heteroatoms. The third kappa shape index (κ3) is 8.11. The summed E-state index contributed by atoms with van der Waals surface area (Å²) < 4.78 is 10.8. The molecule has 1 fully saturated rings. The van der Waals surface area contributed by atoms with Crippen molar-refractivity contribution in [3.63, 3.8) is 0 Å². The zero-order valence-corrected chi connectivity index (χ0v) is 21.9. The number of nitrogens with one attached hydrogen (secondary N) is 2. The van der Waals surface area contributed by atoms with E-state index >= 15 is 0 Å². The van der Waals surface area contributed by atoms with Crippen LogP contribution in [0.3, 0.4) is 0 Å². The summed E-state index contributed by atoms with van der Waals surface area (Å²) in [7, 11) is 7.57. The lowest BCUT2D eigenvalue weighted by Crippen LogP contribution is -2.47. The number of hydrogen-bond acceptors (Lipinski definition) is 5. The normalized spacial score (nSPS) is 17.6. The fourth-order valence-electron chi connectivity index (χ4n) is 3.24. The molecular weight excluding hydrogens is 493 g/mol. The molecule has 7 nitrogen and oxygen atoms in total. The Morgan fingerprint density at radius 2 is 1.83 bits per heavy atom. The van der Waals surface area contributed by atoms with Gasteiger partial charge in [-0.05, 0) is 59.0 Å². The molecule has 0 aliphatic carbocycles. The van der Waals surface area contributed by atoms with Crippen molar-refractivity contribution in [2.75, 3.05) is 54.5 Å². The molecule has 2 rings (SSSR count). The van der Waals surface area contributed by atoms with Crippen molar-refractivity contribution in [2.45, 2.75) is 45.3 Å². The van der Waals surface area contributed by atoms with Crippen LogP contribution in [0, 0.1) is 0 Å². The third-order valence-electron chi connectivity index (χ3n) is 5.61. The van der Waals surface area contributed by atoms with E-state index in [1.54, 1.807) is 14.2 Å². The van der Waals surface area contributed by atoms with Gasteiger partial charge in [0.05, 0.1) is 20.8 Å². The van der Waals surface area contributed by atoms with Crippen LogP contribution in [-0.4, -0.2) is 81.8 Å². The van der Waals surface area contributed by atoms with E-state index < -0.39 is 0 Å². The molecule has 0 bridgehead atoms. The SMILES string of the molecule is CCNC(=NCC(C)(C)N(C)C)NC1CCN(Cc2cc(OC)cc(OC)c2)C1.I. The highest BCUT2D eigenvalue weighted by Crippen LogP contribution is 2.24. The Balaban J connectivity index is 0.00000450. The number of aliphatic imine (C=N–C) groups is 1. The smallest absolute Gasteiger partial charge is 0.191 e. The van der Waals surface area contributed by atoms with Crippen LogP contribution in [0.15, 0.2) is 23.2 Å². The van der Waals surface area contributed by atoms with Gasteiger partial charge in [0.1, 0.15) is 11.5 Å². The van der Waals surface area contributed by atoms with Gasteiger partial charge < -0.3 is 25.0 Å². The fraction of sp³-hybridized carbons (Fsp3) is 0.682. The minimum absolute atomic E-state index is 0. The minimum Gasteiger partial charge on any atom is -0.497 e. The Morgan fingerprint density at radius 1 is 1.20 bits per heavy atom. The highest BCUT2D eigenvalue weighted by atomic mass is 127.